The zero-order valence-corrected chi connectivity index (χ0v) is 13.6. The molecule has 126 valence electrons. The lowest BCUT2D eigenvalue weighted by Gasteiger charge is -2.12. The molecule has 0 aromatic heterocycles. The Morgan fingerprint density at radius 3 is 2.25 bits per heavy atom. The maximum Gasteiger partial charge on any atom is 0.248 e. The molecule has 1 amide bonds. The highest BCUT2D eigenvalue weighted by Gasteiger charge is 2.12. The molecule has 0 saturated heterocycles. The monoisotopic (exact) mass is 331 g/mol. The molecule has 0 saturated carbocycles. The van der Waals surface area contributed by atoms with Crippen LogP contribution in [0.2, 0.25) is 0 Å². The quantitative estimate of drug-likeness (QED) is 0.823. The van der Waals surface area contributed by atoms with Gasteiger partial charge in [-0.3, -0.25) is 4.79 Å². The van der Waals surface area contributed by atoms with Crippen LogP contribution in [0.15, 0.2) is 42.5 Å². The Kier molecular flexibility index (Phi) is 5.78. The fourth-order valence-electron chi connectivity index (χ4n) is 2.12. The molecule has 0 atom stereocenters. The van der Waals surface area contributed by atoms with Gasteiger partial charge in [0.15, 0.2) is 11.5 Å². The Balaban J connectivity index is 2.17. The molecular formula is C18H18FNO4. The van der Waals surface area contributed by atoms with Crippen LogP contribution in [0, 0.1) is 5.82 Å². The number of ether oxygens (including phenoxy) is 3. The van der Waals surface area contributed by atoms with E-state index in [2.05, 4.69) is 5.32 Å². The molecule has 0 aliphatic heterocycles. The van der Waals surface area contributed by atoms with E-state index in [4.69, 9.17) is 14.2 Å². The van der Waals surface area contributed by atoms with Crippen molar-refractivity contribution in [2.45, 2.75) is 0 Å². The second-order valence-electron chi connectivity index (χ2n) is 4.79. The molecule has 5 nitrogen and oxygen atoms in total. The number of amides is 1. The number of anilines is 1. The summed E-state index contributed by atoms with van der Waals surface area (Å²) in [5.41, 5.74) is 1.08. The van der Waals surface area contributed by atoms with E-state index in [-0.39, 0.29) is 5.91 Å². The molecule has 0 aliphatic rings. The summed E-state index contributed by atoms with van der Waals surface area (Å²) in [5, 5.41) is 2.58. The van der Waals surface area contributed by atoms with Crippen molar-refractivity contribution >= 4 is 17.7 Å². The zero-order valence-electron chi connectivity index (χ0n) is 13.6. The van der Waals surface area contributed by atoms with Crippen LogP contribution in [0.25, 0.3) is 6.08 Å². The van der Waals surface area contributed by atoms with Crippen molar-refractivity contribution in [1.29, 1.82) is 0 Å². The minimum atomic E-state index is -0.415. The first kappa shape index (κ1) is 17.3. The van der Waals surface area contributed by atoms with Gasteiger partial charge in [-0.25, -0.2) is 4.39 Å². The van der Waals surface area contributed by atoms with Crippen molar-refractivity contribution in [3.05, 3.63) is 53.9 Å². The molecule has 1 N–H and O–H groups in total. The summed E-state index contributed by atoms with van der Waals surface area (Å²) < 4.78 is 28.8. The van der Waals surface area contributed by atoms with Gasteiger partial charge in [-0.05, 0) is 42.0 Å². The number of hydrogen-bond donors (Lipinski definition) is 1. The number of hydrogen-bond acceptors (Lipinski definition) is 4. The fourth-order valence-corrected chi connectivity index (χ4v) is 2.12. The molecular weight excluding hydrogens is 313 g/mol. The average Bonchev–Trinajstić information content (AvgIpc) is 2.58. The summed E-state index contributed by atoms with van der Waals surface area (Å²) in [5.74, 6) is 0.654. The molecule has 0 bridgehead atoms. The third-order valence-electron chi connectivity index (χ3n) is 3.21. The molecule has 2 aromatic rings. The van der Waals surface area contributed by atoms with Crippen LogP contribution in [0.5, 0.6) is 17.2 Å². The van der Waals surface area contributed by atoms with Crippen LogP contribution in [0.3, 0.4) is 0 Å². The van der Waals surface area contributed by atoms with Crippen molar-refractivity contribution < 1.29 is 23.4 Å². The lowest BCUT2D eigenvalue weighted by atomic mass is 10.1. The lowest BCUT2D eigenvalue weighted by Crippen LogP contribution is -2.07. The molecule has 2 rings (SSSR count). The largest absolute Gasteiger partial charge is 0.493 e. The Labute approximate surface area is 139 Å². The van der Waals surface area contributed by atoms with Crippen LogP contribution in [-0.4, -0.2) is 27.2 Å². The minimum Gasteiger partial charge on any atom is -0.493 e. The van der Waals surface area contributed by atoms with Crippen LogP contribution >= 0.6 is 0 Å². The Morgan fingerprint density at radius 1 is 1.04 bits per heavy atom. The fraction of sp³-hybridized carbons (Fsp3) is 0.167. The van der Waals surface area contributed by atoms with Gasteiger partial charge in [-0.15, -0.1) is 0 Å². The first-order chi connectivity index (χ1) is 11.6. The molecule has 0 unspecified atom stereocenters. The van der Waals surface area contributed by atoms with Gasteiger partial charge in [-0.1, -0.05) is 6.07 Å². The summed E-state index contributed by atoms with van der Waals surface area (Å²) in [6, 6.07) is 9.11. The van der Waals surface area contributed by atoms with Gasteiger partial charge in [0, 0.05) is 11.8 Å². The number of benzene rings is 2. The van der Waals surface area contributed by atoms with Gasteiger partial charge in [0.2, 0.25) is 11.7 Å². The number of halogens is 1. The van der Waals surface area contributed by atoms with Crippen molar-refractivity contribution in [2.24, 2.45) is 0 Å². The summed E-state index contributed by atoms with van der Waals surface area (Å²) in [6.07, 6.45) is 2.94. The van der Waals surface area contributed by atoms with Crippen molar-refractivity contribution in [3.8, 4) is 17.2 Å². The maximum absolute atomic E-state index is 13.1. The Bertz CT molecular complexity index is 733. The highest BCUT2D eigenvalue weighted by Crippen LogP contribution is 2.38. The molecule has 0 fully saturated rings. The van der Waals surface area contributed by atoms with E-state index in [1.807, 2.05) is 0 Å². The lowest BCUT2D eigenvalue weighted by molar-refractivity contribution is -0.111. The van der Waals surface area contributed by atoms with Crippen LogP contribution in [0.4, 0.5) is 10.1 Å². The van der Waals surface area contributed by atoms with Crippen LogP contribution in [-0.2, 0) is 4.79 Å². The van der Waals surface area contributed by atoms with E-state index in [0.717, 1.165) is 0 Å². The Morgan fingerprint density at radius 2 is 1.71 bits per heavy atom. The SMILES string of the molecule is COc1cc(C=CC(=O)Nc2cccc(F)c2)cc(OC)c1OC. The molecule has 6 heteroatoms. The van der Waals surface area contributed by atoms with Crippen molar-refractivity contribution in [1.82, 2.24) is 0 Å². The van der Waals surface area contributed by atoms with Gasteiger partial charge < -0.3 is 19.5 Å². The summed E-state index contributed by atoms with van der Waals surface area (Å²) >= 11 is 0. The molecule has 2 aromatic carbocycles. The highest BCUT2D eigenvalue weighted by molar-refractivity contribution is 6.02. The zero-order chi connectivity index (χ0) is 17.5. The Hall–Kier alpha value is -3.02. The third-order valence-corrected chi connectivity index (χ3v) is 3.21. The van der Waals surface area contributed by atoms with Gasteiger partial charge in [-0.2, -0.15) is 0 Å². The summed E-state index contributed by atoms with van der Waals surface area (Å²) in [6.45, 7) is 0. The predicted octanol–water partition coefficient (Wildman–Crippen LogP) is 3.50. The average molecular weight is 331 g/mol. The van der Waals surface area contributed by atoms with Gasteiger partial charge >= 0.3 is 0 Å². The highest BCUT2D eigenvalue weighted by atomic mass is 19.1. The molecule has 0 aliphatic carbocycles. The van der Waals surface area contributed by atoms with E-state index in [0.29, 0.717) is 28.5 Å². The molecule has 0 spiro atoms. The number of carbonyl (C=O) groups excluding carboxylic acids is 1. The molecule has 0 heterocycles. The number of nitrogens with one attached hydrogen (secondary N) is 1. The minimum absolute atomic E-state index is 0.380. The maximum atomic E-state index is 13.1. The van der Waals surface area contributed by atoms with E-state index < -0.39 is 5.82 Å². The van der Waals surface area contributed by atoms with Crippen molar-refractivity contribution in [2.75, 3.05) is 26.6 Å². The van der Waals surface area contributed by atoms with Gasteiger partial charge in [0.05, 0.1) is 21.3 Å². The van der Waals surface area contributed by atoms with E-state index >= 15 is 0 Å². The van der Waals surface area contributed by atoms with Gasteiger partial charge in [0.25, 0.3) is 0 Å². The second-order valence-corrected chi connectivity index (χ2v) is 4.79. The normalized spacial score (nSPS) is 10.5. The molecule has 24 heavy (non-hydrogen) atoms. The van der Waals surface area contributed by atoms with E-state index in [1.54, 1.807) is 24.3 Å². The summed E-state index contributed by atoms with van der Waals surface area (Å²) in [7, 11) is 4.55. The number of carbonyl (C=O) groups is 1. The second kappa shape index (κ2) is 8.01. The van der Waals surface area contributed by atoms with E-state index in [9.17, 15) is 9.18 Å². The molecule has 0 radical (unpaired) electrons. The number of rotatable bonds is 6. The van der Waals surface area contributed by atoms with Gasteiger partial charge in [0.1, 0.15) is 5.82 Å². The smallest absolute Gasteiger partial charge is 0.248 e. The van der Waals surface area contributed by atoms with Crippen molar-refractivity contribution in [3.63, 3.8) is 0 Å². The van der Waals surface area contributed by atoms with Crippen LogP contribution < -0.4 is 19.5 Å². The predicted molar refractivity (Wildman–Crippen MR) is 90.2 cm³/mol. The summed E-state index contributed by atoms with van der Waals surface area (Å²) in [4.78, 5) is 11.9. The van der Waals surface area contributed by atoms with E-state index in [1.165, 1.54) is 45.6 Å². The topological polar surface area (TPSA) is 56.8 Å². The first-order valence-electron chi connectivity index (χ1n) is 7.12. The standard InChI is InChI=1S/C18H18FNO4/c1-22-15-9-12(10-16(23-2)18(15)24-3)7-8-17(21)20-14-6-4-5-13(19)11-14/h4-11H,1-3H3,(H,20,21). The third kappa shape index (κ3) is 4.25. The first-order valence-corrected chi connectivity index (χ1v) is 7.12. The van der Waals surface area contributed by atoms with Crippen LogP contribution in [0.1, 0.15) is 5.56 Å². The number of methoxy groups -OCH3 is 3.